The number of benzene rings is 3. The van der Waals surface area contributed by atoms with Gasteiger partial charge in [-0.2, -0.15) is 4.98 Å². The summed E-state index contributed by atoms with van der Waals surface area (Å²) in [5, 5.41) is 6.92. The van der Waals surface area contributed by atoms with Crippen LogP contribution in [0.1, 0.15) is 28.4 Å². The van der Waals surface area contributed by atoms with Crippen LogP contribution in [0.5, 0.6) is 11.5 Å². The lowest BCUT2D eigenvalue weighted by Gasteiger charge is -2.28. The van der Waals surface area contributed by atoms with E-state index in [1.54, 1.807) is 62.8 Å². The molecule has 0 aliphatic carbocycles. The number of hydrogen-bond acceptors (Lipinski definition) is 7. The van der Waals surface area contributed by atoms with Crippen molar-refractivity contribution in [3.05, 3.63) is 107 Å². The maximum Gasteiger partial charge on any atom is 0.326 e. The third-order valence-corrected chi connectivity index (χ3v) is 6.16. The summed E-state index contributed by atoms with van der Waals surface area (Å²) in [5.41, 5.74) is 0.759. The predicted molar refractivity (Wildman–Crippen MR) is 129 cm³/mol. The molecule has 9 heteroatoms. The zero-order valence-electron chi connectivity index (χ0n) is 19.8. The van der Waals surface area contributed by atoms with Crippen LogP contribution in [0.25, 0.3) is 0 Å². The van der Waals surface area contributed by atoms with Gasteiger partial charge in [-0.25, -0.2) is 4.79 Å². The number of ether oxygens (including phenoxy) is 2. The summed E-state index contributed by atoms with van der Waals surface area (Å²) >= 11 is 0. The first kappa shape index (κ1) is 23.1. The molecule has 0 bridgehead atoms. The zero-order valence-corrected chi connectivity index (χ0v) is 19.8. The molecule has 1 N–H and O–H groups in total. The van der Waals surface area contributed by atoms with E-state index in [9.17, 15) is 9.59 Å². The fourth-order valence-electron chi connectivity index (χ4n) is 4.30. The maximum absolute atomic E-state index is 13.9. The van der Waals surface area contributed by atoms with Gasteiger partial charge in [0.1, 0.15) is 18.0 Å². The maximum atomic E-state index is 13.9. The summed E-state index contributed by atoms with van der Waals surface area (Å²) in [5.74, 6) is 1.46. The number of imide groups is 1. The van der Waals surface area contributed by atoms with Crippen molar-refractivity contribution in [1.82, 2.24) is 20.4 Å². The number of rotatable bonds is 8. The number of carbonyl (C=O) groups excluding carboxylic acids is 2. The van der Waals surface area contributed by atoms with Gasteiger partial charge >= 0.3 is 6.03 Å². The van der Waals surface area contributed by atoms with Crippen molar-refractivity contribution in [3.8, 4) is 11.5 Å². The van der Waals surface area contributed by atoms with Gasteiger partial charge in [-0.3, -0.25) is 9.69 Å². The van der Waals surface area contributed by atoms with Crippen molar-refractivity contribution < 1.29 is 23.6 Å². The van der Waals surface area contributed by atoms with Crippen molar-refractivity contribution in [1.29, 1.82) is 0 Å². The molecular formula is C27H24N4O5. The first-order valence-corrected chi connectivity index (χ1v) is 11.3. The lowest BCUT2D eigenvalue weighted by molar-refractivity contribution is -0.130. The van der Waals surface area contributed by atoms with Crippen LogP contribution in [0, 0.1) is 0 Å². The number of methoxy groups -OCH3 is 2. The molecule has 0 saturated carbocycles. The normalized spacial score (nSPS) is 14.6. The van der Waals surface area contributed by atoms with Crippen LogP contribution in [-0.2, 0) is 23.3 Å². The Bertz CT molecular complexity index is 1320. The molecule has 0 atom stereocenters. The standard InChI is InChI=1S/C27H24N4O5/c1-34-21-12-8-19(9-13-21)27(20-10-14-22(35-2)15-11-20)25(32)31(26(33)29-27)17-24-28-23(30-36-24)16-18-6-4-3-5-7-18/h3-15H,16-17H2,1-2H3,(H,29,33). The number of hydrogen-bond donors (Lipinski definition) is 1. The summed E-state index contributed by atoms with van der Waals surface area (Å²) in [6, 6.07) is 23.2. The van der Waals surface area contributed by atoms with Gasteiger partial charge in [0.15, 0.2) is 11.4 Å². The third kappa shape index (κ3) is 4.15. The average Bonchev–Trinajstić information content (AvgIpc) is 3.47. The number of carbonyl (C=O) groups is 2. The number of nitrogens with zero attached hydrogens (tertiary/aromatic N) is 3. The van der Waals surface area contributed by atoms with E-state index in [0.29, 0.717) is 34.9 Å². The second-order valence-corrected chi connectivity index (χ2v) is 8.30. The fourth-order valence-corrected chi connectivity index (χ4v) is 4.30. The minimum atomic E-state index is -1.44. The van der Waals surface area contributed by atoms with E-state index in [2.05, 4.69) is 15.5 Å². The highest BCUT2D eigenvalue weighted by Crippen LogP contribution is 2.38. The molecule has 3 aromatic carbocycles. The highest BCUT2D eigenvalue weighted by atomic mass is 16.5. The van der Waals surface area contributed by atoms with Gasteiger partial charge in [0.05, 0.1) is 14.2 Å². The molecule has 36 heavy (non-hydrogen) atoms. The summed E-state index contributed by atoms with van der Waals surface area (Å²) in [6.07, 6.45) is 0.478. The second kappa shape index (κ2) is 9.53. The Labute approximate surface area is 207 Å². The molecule has 182 valence electrons. The summed E-state index contributed by atoms with van der Waals surface area (Å²) < 4.78 is 15.9. The van der Waals surface area contributed by atoms with Crippen molar-refractivity contribution in [2.75, 3.05) is 14.2 Å². The van der Waals surface area contributed by atoms with Crippen molar-refractivity contribution >= 4 is 11.9 Å². The molecule has 1 aliphatic heterocycles. The highest BCUT2D eigenvalue weighted by molar-refractivity contribution is 6.09. The number of nitrogens with one attached hydrogen (secondary N) is 1. The quantitative estimate of drug-likeness (QED) is 0.380. The Hall–Kier alpha value is -4.66. The van der Waals surface area contributed by atoms with Gasteiger partial charge in [-0.05, 0) is 41.0 Å². The number of aromatic nitrogens is 2. The molecule has 1 aliphatic rings. The molecule has 0 spiro atoms. The van der Waals surface area contributed by atoms with E-state index < -0.39 is 17.5 Å². The molecule has 0 unspecified atom stereocenters. The average molecular weight is 485 g/mol. The molecule has 4 aromatic rings. The zero-order chi connectivity index (χ0) is 25.1. The van der Waals surface area contributed by atoms with Crippen LogP contribution in [0.4, 0.5) is 4.79 Å². The third-order valence-electron chi connectivity index (χ3n) is 6.16. The van der Waals surface area contributed by atoms with Crippen molar-refractivity contribution in [3.63, 3.8) is 0 Å². The molecular weight excluding hydrogens is 460 g/mol. The predicted octanol–water partition coefficient (Wildman–Crippen LogP) is 3.67. The van der Waals surface area contributed by atoms with Crippen molar-refractivity contribution in [2.24, 2.45) is 0 Å². The minimum absolute atomic E-state index is 0.152. The molecule has 5 rings (SSSR count). The van der Waals surface area contributed by atoms with E-state index >= 15 is 0 Å². The molecule has 1 fully saturated rings. The Morgan fingerprint density at radius 2 is 1.44 bits per heavy atom. The number of amides is 3. The van der Waals surface area contributed by atoms with Gasteiger partial charge < -0.3 is 19.3 Å². The highest BCUT2D eigenvalue weighted by Gasteiger charge is 2.54. The van der Waals surface area contributed by atoms with E-state index in [1.807, 2.05) is 30.3 Å². The van der Waals surface area contributed by atoms with Gasteiger partial charge in [0, 0.05) is 6.42 Å². The SMILES string of the molecule is COc1ccc(C2(c3ccc(OC)cc3)NC(=O)N(Cc3nc(Cc4ccccc4)no3)C2=O)cc1. The Morgan fingerprint density at radius 1 is 0.861 bits per heavy atom. The smallest absolute Gasteiger partial charge is 0.326 e. The first-order chi connectivity index (χ1) is 17.5. The van der Waals surface area contributed by atoms with Gasteiger partial charge in [0.25, 0.3) is 5.91 Å². The summed E-state index contributed by atoms with van der Waals surface area (Å²) in [6.45, 7) is -0.152. The lowest BCUT2D eigenvalue weighted by Crippen LogP contribution is -2.45. The van der Waals surface area contributed by atoms with Crippen molar-refractivity contribution in [2.45, 2.75) is 18.5 Å². The molecule has 0 radical (unpaired) electrons. The Balaban J connectivity index is 1.46. The monoisotopic (exact) mass is 484 g/mol. The summed E-state index contributed by atoms with van der Waals surface area (Å²) in [4.78, 5) is 32.6. The molecule has 1 aromatic heterocycles. The topological polar surface area (TPSA) is 107 Å². The molecule has 9 nitrogen and oxygen atoms in total. The van der Waals surface area contributed by atoms with Gasteiger partial charge in [-0.1, -0.05) is 59.8 Å². The lowest BCUT2D eigenvalue weighted by atomic mass is 9.82. The molecule has 2 heterocycles. The van der Waals surface area contributed by atoms with E-state index in [1.165, 1.54) is 0 Å². The Morgan fingerprint density at radius 3 is 2.00 bits per heavy atom. The van der Waals surface area contributed by atoms with Crippen LogP contribution >= 0.6 is 0 Å². The minimum Gasteiger partial charge on any atom is -0.497 e. The van der Waals surface area contributed by atoms with Crippen LogP contribution in [-0.4, -0.2) is 41.2 Å². The second-order valence-electron chi connectivity index (χ2n) is 8.30. The fraction of sp³-hybridized carbons (Fsp3) is 0.185. The van der Waals surface area contributed by atoms with E-state index in [0.717, 1.165) is 10.5 Å². The van der Waals surface area contributed by atoms with Crippen LogP contribution in [0.3, 0.4) is 0 Å². The van der Waals surface area contributed by atoms with Crippen LogP contribution in [0.2, 0.25) is 0 Å². The number of urea groups is 1. The van der Waals surface area contributed by atoms with Crippen LogP contribution in [0.15, 0.2) is 83.4 Å². The largest absolute Gasteiger partial charge is 0.497 e. The van der Waals surface area contributed by atoms with E-state index in [-0.39, 0.29) is 12.4 Å². The van der Waals surface area contributed by atoms with Gasteiger partial charge in [0.2, 0.25) is 5.89 Å². The van der Waals surface area contributed by atoms with Gasteiger partial charge in [-0.15, -0.1) is 0 Å². The summed E-state index contributed by atoms with van der Waals surface area (Å²) in [7, 11) is 3.13. The van der Waals surface area contributed by atoms with Crippen LogP contribution < -0.4 is 14.8 Å². The molecule has 3 amide bonds. The van der Waals surface area contributed by atoms with E-state index in [4.69, 9.17) is 14.0 Å². The molecule has 1 saturated heterocycles. The first-order valence-electron chi connectivity index (χ1n) is 11.3. The Kier molecular flexibility index (Phi) is 6.12.